The quantitative estimate of drug-likeness (QED) is 0.394. The number of ether oxygens (including phenoxy) is 2. The van der Waals surface area contributed by atoms with Crippen molar-refractivity contribution >= 4 is 11.9 Å². The van der Waals surface area contributed by atoms with Gasteiger partial charge >= 0.3 is 11.9 Å². The first kappa shape index (κ1) is 13.4. The number of carbonyl (C=O) groups excluding carboxylic acids is 2. The summed E-state index contributed by atoms with van der Waals surface area (Å²) in [6.45, 7) is 6.01. The highest BCUT2D eigenvalue weighted by Gasteiger charge is 1.98. The molecule has 0 rings (SSSR count). The lowest BCUT2D eigenvalue weighted by Gasteiger charge is -1.97. The van der Waals surface area contributed by atoms with Crippen molar-refractivity contribution in [2.45, 2.75) is 20.8 Å². The molecule has 4 heteroatoms. The molecule has 0 amide bonds. The summed E-state index contributed by atoms with van der Waals surface area (Å²) in [5, 5.41) is 0. The molecule has 0 aliphatic heterocycles. The monoisotopic (exact) mass is 212 g/mol. The summed E-state index contributed by atoms with van der Waals surface area (Å²) in [5.41, 5.74) is 1.07. The molecule has 0 saturated carbocycles. The van der Waals surface area contributed by atoms with Crippen LogP contribution in [-0.2, 0) is 19.1 Å². The molecule has 0 aliphatic carbocycles. The van der Waals surface area contributed by atoms with Gasteiger partial charge in [0.15, 0.2) is 0 Å². The molecule has 15 heavy (non-hydrogen) atoms. The van der Waals surface area contributed by atoms with E-state index in [1.807, 2.05) is 13.8 Å². The van der Waals surface area contributed by atoms with E-state index in [0.717, 1.165) is 17.7 Å². The van der Waals surface area contributed by atoms with Crippen LogP contribution in [0.1, 0.15) is 20.8 Å². The predicted molar refractivity (Wildman–Crippen MR) is 56.2 cm³/mol. The van der Waals surface area contributed by atoms with Crippen LogP contribution in [0.15, 0.2) is 23.8 Å². The van der Waals surface area contributed by atoms with Crippen LogP contribution < -0.4 is 0 Å². The van der Waals surface area contributed by atoms with Gasteiger partial charge in [0, 0.05) is 12.2 Å². The largest absolute Gasteiger partial charge is 0.463 e. The molecule has 0 bridgehead atoms. The first-order chi connectivity index (χ1) is 7.06. The molecule has 0 saturated heterocycles. The van der Waals surface area contributed by atoms with Gasteiger partial charge in [-0.2, -0.15) is 0 Å². The van der Waals surface area contributed by atoms with Crippen LogP contribution in [0.2, 0.25) is 0 Å². The molecule has 0 spiro atoms. The molecule has 0 atom stereocenters. The van der Waals surface area contributed by atoms with E-state index in [1.54, 1.807) is 13.0 Å². The minimum absolute atomic E-state index is 0.217. The normalized spacial score (nSPS) is 9.80. The Kier molecular flexibility index (Phi) is 6.97. The maximum atomic E-state index is 11.0. The van der Waals surface area contributed by atoms with Crippen molar-refractivity contribution in [1.82, 2.24) is 0 Å². The number of hydrogen-bond acceptors (Lipinski definition) is 4. The second-order valence-electron chi connectivity index (χ2n) is 3.00. The third kappa shape index (κ3) is 8.74. The van der Waals surface area contributed by atoms with E-state index >= 15 is 0 Å². The van der Waals surface area contributed by atoms with E-state index in [0.29, 0.717) is 0 Å². The van der Waals surface area contributed by atoms with Gasteiger partial charge in [0.05, 0.1) is 6.61 Å². The Bertz CT molecular complexity index is 272. The minimum Gasteiger partial charge on any atom is -0.463 e. The number of esters is 2. The van der Waals surface area contributed by atoms with Crippen LogP contribution in [0.5, 0.6) is 0 Å². The molecule has 0 aromatic heterocycles. The van der Waals surface area contributed by atoms with E-state index in [9.17, 15) is 9.59 Å². The molecular weight excluding hydrogens is 196 g/mol. The minimum atomic E-state index is -0.555. The summed E-state index contributed by atoms with van der Waals surface area (Å²) in [6.07, 6.45) is 3.88. The Morgan fingerprint density at radius 2 is 1.60 bits per heavy atom. The summed E-state index contributed by atoms with van der Waals surface area (Å²) >= 11 is 0. The van der Waals surface area contributed by atoms with Crippen LogP contribution in [0, 0.1) is 0 Å². The van der Waals surface area contributed by atoms with Gasteiger partial charge in [-0.3, -0.25) is 0 Å². The predicted octanol–water partition coefficient (Wildman–Crippen LogP) is 1.62. The van der Waals surface area contributed by atoms with E-state index in [1.165, 1.54) is 0 Å². The molecule has 0 heterocycles. The third-order valence-electron chi connectivity index (χ3n) is 1.36. The number of hydrogen-bond donors (Lipinski definition) is 0. The van der Waals surface area contributed by atoms with Crippen LogP contribution >= 0.6 is 0 Å². The molecule has 84 valence electrons. The lowest BCUT2D eigenvalue weighted by molar-refractivity contribution is -0.139. The van der Waals surface area contributed by atoms with Crippen LogP contribution in [0.4, 0.5) is 0 Å². The average Bonchev–Trinajstić information content (AvgIpc) is 2.14. The van der Waals surface area contributed by atoms with Gasteiger partial charge in [0.2, 0.25) is 0 Å². The molecule has 0 radical (unpaired) electrons. The van der Waals surface area contributed by atoms with Gasteiger partial charge in [-0.1, -0.05) is 5.57 Å². The Morgan fingerprint density at radius 1 is 1.07 bits per heavy atom. The van der Waals surface area contributed by atoms with E-state index < -0.39 is 11.9 Å². The van der Waals surface area contributed by atoms with Crippen molar-refractivity contribution in [2.24, 2.45) is 0 Å². The Labute approximate surface area is 89.6 Å². The van der Waals surface area contributed by atoms with Crippen molar-refractivity contribution in [1.29, 1.82) is 0 Å². The highest BCUT2D eigenvalue weighted by atomic mass is 16.5. The molecule has 0 N–H and O–H groups in total. The van der Waals surface area contributed by atoms with Crippen molar-refractivity contribution in [2.75, 3.05) is 13.2 Å². The molecule has 0 fully saturated rings. The fourth-order valence-corrected chi connectivity index (χ4v) is 0.665. The number of allylic oxidation sites excluding steroid dienone is 1. The van der Waals surface area contributed by atoms with Gasteiger partial charge < -0.3 is 9.47 Å². The summed E-state index contributed by atoms with van der Waals surface area (Å²) in [6, 6.07) is 0. The fourth-order valence-electron chi connectivity index (χ4n) is 0.665. The summed E-state index contributed by atoms with van der Waals surface area (Å²) < 4.78 is 9.36. The zero-order valence-electron chi connectivity index (χ0n) is 9.28. The Hall–Kier alpha value is -1.58. The summed E-state index contributed by atoms with van der Waals surface area (Å²) in [4.78, 5) is 21.8. The first-order valence-electron chi connectivity index (χ1n) is 4.71. The van der Waals surface area contributed by atoms with Crippen LogP contribution in [-0.4, -0.2) is 25.2 Å². The summed E-state index contributed by atoms with van der Waals surface area (Å²) in [7, 11) is 0. The van der Waals surface area contributed by atoms with Crippen molar-refractivity contribution in [3.05, 3.63) is 23.8 Å². The topological polar surface area (TPSA) is 52.6 Å². The van der Waals surface area contributed by atoms with Crippen LogP contribution in [0.3, 0.4) is 0 Å². The van der Waals surface area contributed by atoms with Crippen molar-refractivity contribution in [3.63, 3.8) is 0 Å². The number of rotatable bonds is 5. The summed E-state index contributed by atoms with van der Waals surface area (Å²) in [5.74, 6) is -1.10. The third-order valence-corrected chi connectivity index (χ3v) is 1.36. The first-order valence-corrected chi connectivity index (χ1v) is 4.71. The molecule has 0 aromatic carbocycles. The lowest BCUT2D eigenvalue weighted by atomic mass is 10.3. The maximum Gasteiger partial charge on any atom is 0.331 e. The van der Waals surface area contributed by atoms with E-state index in [2.05, 4.69) is 4.74 Å². The second kappa shape index (κ2) is 7.79. The smallest absolute Gasteiger partial charge is 0.331 e. The maximum absolute atomic E-state index is 11.0. The second-order valence-corrected chi connectivity index (χ2v) is 3.00. The fraction of sp³-hybridized carbons (Fsp3) is 0.455. The molecular formula is C11H16O4. The highest BCUT2D eigenvalue weighted by Crippen LogP contribution is 1.90. The lowest BCUT2D eigenvalue weighted by Crippen LogP contribution is -2.04. The molecule has 0 aliphatic rings. The molecule has 0 aromatic rings. The Balaban J connectivity index is 3.83. The zero-order valence-corrected chi connectivity index (χ0v) is 9.28. The van der Waals surface area contributed by atoms with Gasteiger partial charge in [-0.15, -0.1) is 0 Å². The van der Waals surface area contributed by atoms with E-state index in [4.69, 9.17) is 4.74 Å². The average molecular weight is 212 g/mol. The highest BCUT2D eigenvalue weighted by molar-refractivity contribution is 5.91. The zero-order chi connectivity index (χ0) is 11.7. The van der Waals surface area contributed by atoms with Crippen LogP contribution in [0.25, 0.3) is 0 Å². The molecule has 0 unspecified atom stereocenters. The standard InChI is InChI=1S/C11H16O4/c1-4-14-10(12)5-6-11(13)15-8-7-9(2)3/h5-7H,4,8H2,1-3H3/b6-5+. The van der Waals surface area contributed by atoms with Crippen molar-refractivity contribution in [3.8, 4) is 0 Å². The van der Waals surface area contributed by atoms with Gasteiger partial charge in [0.25, 0.3) is 0 Å². The molecule has 4 nitrogen and oxygen atoms in total. The Morgan fingerprint density at radius 3 is 2.07 bits per heavy atom. The SMILES string of the molecule is CCOC(=O)/C=C/C(=O)OCC=C(C)C. The van der Waals surface area contributed by atoms with E-state index in [-0.39, 0.29) is 13.2 Å². The van der Waals surface area contributed by atoms with Gasteiger partial charge in [-0.05, 0) is 26.8 Å². The number of carbonyl (C=O) groups is 2. The van der Waals surface area contributed by atoms with Gasteiger partial charge in [0.1, 0.15) is 6.61 Å². The van der Waals surface area contributed by atoms with Gasteiger partial charge in [-0.25, -0.2) is 9.59 Å². The van der Waals surface area contributed by atoms with Crippen molar-refractivity contribution < 1.29 is 19.1 Å².